The number of hydrogen-bond donors (Lipinski definition) is 0. The van der Waals surface area contributed by atoms with Crippen molar-refractivity contribution in [3.8, 4) is 22.4 Å². The summed E-state index contributed by atoms with van der Waals surface area (Å²) in [5.41, 5.74) is 9.12. The average Bonchev–Trinajstić information content (AvgIpc) is 3.07. The highest BCUT2D eigenvalue weighted by atomic mass is 16.3. The number of nitrogens with zero attached hydrogens (tertiary/aromatic N) is 1. The second-order valence-corrected chi connectivity index (χ2v) is 7.51. The molecule has 0 unspecified atom stereocenters. The Morgan fingerprint density at radius 3 is 2.43 bits per heavy atom. The Balaban J connectivity index is 1.80. The van der Waals surface area contributed by atoms with Crippen molar-refractivity contribution in [2.45, 2.75) is 13.8 Å². The lowest BCUT2D eigenvalue weighted by atomic mass is 9.97. The van der Waals surface area contributed by atoms with Crippen LogP contribution >= 0.6 is 0 Å². The van der Waals surface area contributed by atoms with Gasteiger partial charge in [0.25, 0.3) is 0 Å². The van der Waals surface area contributed by atoms with Gasteiger partial charge in [-0.1, -0.05) is 60.2 Å². The Morgan fingerprint density at radius 1 is 0.750 bits per heavy atom. The van der Waals surface area contributed by atoms with Crippen molar-refractivity contribution in [1.82, 2.24) is 0 Å². The molecule has 0 amide bonds. The number of para-hydroxylation sites is 1. The predicted octanol–water partition coefficient (Wildman–Crippen LogP) is 6.36. The van der Waals surface area contributed by atoms with E-state index >= 15 is 0 Å². The highest BCUT2D eigenvalue weighted by molar-refractivity contribution is 6.09. The molecule has 0 saturated heterocycles. The molecule has 0 bridgehead atoms. The number of fused-ring (bicyclic) bond motifs is 3. The van der Waals surface area contributed by atoms with Crippen LogP contribution in [0.4, 0.5) is 0 Å². The predicted molar refractivity (Wildman–Crippen MR) is 115 cm³/mol. The van der Waals surface area contributed by atoms with Gasteiger partial charge >= 0.3 is 0 Å². The van der Waals surface area contributed by atoms with E-state index in [1.165, 1.54) is 22.3 Å². The lowest BCUT2D eigenvalue weighted by molar-refractivity contribution is -0.660. The first-order chi connectivity index (χ1) is 13.6. The molecule has 0 saturated carbocycles. The fourth-order valence-corrected chi connectivity index (χ4v) is 4.03. The van der Waals surface area contributed by atoms with Crippen LogP contribution in [0.15, 0.2) is 83.4 Å². The summed E-state index contributed by atoms with van der Waals surface area (Å²) in [4.78, 5) is 0. The molecule has 2 nitrogen and oxygen atoms in total. The first kappa shape index (κ1) is 16.8. The number of pyridine rings is 1. The topological polar surface area (TPSA) is 17.0 Å². The zero-order valence-corrected chi connectivity index (χ0v) is 16.4. The first-order valence-electron chi connectivity index (χ1n) is 9.60. The molecule has 2 heterocycles. The van der Waals surface area contributed by atoms with Gasteiger partial charge < -0.3 is 4.42 Å². The van der Waals surface area contributed by atoms with Crippen molar-refractivity contribution in [2.75, 3.05) is 0 Å². The summed E-state index contributed by atoms with van der Waals surface area (Å²) in [6.07, 6.45) is 2.13. The Kier molecular flexibility index (Phi) is 3.80. The fourth-order valence-electron chi connectivity index (χ4n) is 4.03. The van der Waals surface area contributed by atoms with Gasteiger partial charge in [-0.2, -0.15) is 0 Å². The zero-order valence-electron chi connectivity index (χ0n) is 16.4. The van der Waals surface area contributed by atoms with Crippen LogP contribution in [0.5, 0.6) is 0 Å². The van der Waals surface area contributed by atoms with E-state index in [0.29, 0.717) is 0 Å². The molecule has 0 aliphatic carbocycles. The van der Waals surface area contributed by atoms with Crippen LogP contribution in [0.3, 0.4) is 0 Å². The normalized spacial score (nSPS) is 11.4. The number of aromatic nitrogens is 1. The maximum absolute atomic E-state index is 6.33. The van der Waals surface area contributed by atoms with Crippen molar-refractivity contribution in [3.05, 3.63) is 90.1 Å². The highest BCUT2D eigenvalue weighted by Gasteiger charge is 2.21. The van der Waals surface area contributed by atoms with Crippen LogP contribution in [-0.4, -0.2) is 0 Å². The maximum atomic E-state index is 6.33. The molecule has 136 valence electrons. The summed E-state index contributed by atoms with van der Waals surface area (Å²) in [5, 5.41) is 2.33. The standard InChI is InChI=1S/C26H22NO/c1-17-7-6-8-19(15-17)20-13-14-27(3)23(16-20)25-18(2)11-12-22-21-9-4-5-10-24(21)28-26(22)25/h4-16H,1-3H3/q+1. The Morgan fingerprint density at radius 2 is 1.57 bits per heavy atom. The summed E-state index contributed by atoms with van der Waals surface area (Å²) in [7, 11) is 2.09. The molecule has 0 aliphatic heterocycles. The van der Waals surface area contributed by atoms with Gasteiger partial charge in [-0.3, -0.25) is 0 Å². The molecule has 0 spiro atoms. The van der Waals surface area contributed by atoms with E-state index in [0.717, 1.165) is 33.2 Å². The summed E-state index contributed by atoms with van der Waals surface area (Å²) >= 11 is 0. The fraction of sp³-hybridized carbons (Fsp3) is 0.115. The third kappa shape index (κ3) is 2.61. The van der Waals surface area contributed by atoms with Crippen LogP contribution in [0.25, 0.3) is 44.3 Å². The first-order valence-corrected chi connectivity index (χ1v) is 9.60. The van der Waals surface area contributed by atoms with Crippen LogP contribution in [0, 0.1) is 13.8 Å². The van der Waals surface area contributed by atoms with E-state index in [1.54, 1.807) is 0 Å². The van der Waals surface area contributed by atoms with Gasteiger partial charge in [0.05, 0.1) is 5.56 Å². The molecule has 2 heteroatoms. The lowest BCUT2D eigenvalue weighted by Gasteiger charge is -2.08. The van der Waals surface area contributed by atoms with Crippen molar-refractivity contribution >= 4 is 21.9 Å². The molecule has 0 radical (unpaired) electrons. The van der Waals surface area contributed by atoms with E-state index in [9.17, 15) is 0 Å². The Labute approximate surface area is 164 Å². The number of furan rings is 1. The van der Waals surface area contributed by atoms with Gasteiger partial charge in [0.15, 0.2) is 6.20 Å². The second kappa shape index (κ2) is 6.35. The van der Waals surface area contributed by atoms with Gasteiger partial charge in [-0.05, 0) is 36.6 Å². The molecule has 0 fully saturated rings. The quantitative estimate of drug-likeness (QED) is 0.333. The number of hydrogen-bond acceptors (Lipinski definition) is 1. The summed E-state index contributed by atoms with van der Waals surface area (Å²) < 4.78 is 8.50. The van der Waals surface area contributed by atoms with Crippen molar-refractivity contribution in [2.24, 2.45) is 7.05 Å². The van der Waals surface area contributed by atoms with Crippen molar-refractivity contribution in [3.63, 3.8) is 0 Å². The van der Waals surface area contributed by atoms with Crippen LogP contribution < -0.4 is 4.57 Å². The smallest absolute Gasteiger partial charge is 0.216 e. The van der Waals surface area contributed by atoms with Crippen LogP contribution in [0.1, 0.15) is 11.1 Å². The van der Waals surface area contributed by atoms with E-state index in [1.807, 2.05) is 12.1 Å². The summed E-state index contributed by atoms with van der Waals surface area (Å²) in [6.45, 7) is 4.29. The van der Waals surface area contributed by atoms with Gasteiger partial charge in [0.1, 0.15) is 18.2 Å². The zero-order chi connectivity index (χ0) is 19.3. The lowest BCUT2D eigenvalue weighted by Crippen LogP contribution is -2.30. The van der Waals surface area contributed by atoms with Gasteiger partial charge in [-0.25, -0.2) is 4.57 Å². The van der Waals surface area contributed by atoms with Crippen LogP contribution in [0.2, 0.25) is 0 Å². The Bertz CT molecular complexity index is 1340. The van der Waals surface area contributed by atoms with Crippen LogP contribution in [-0.2, 0) is 7.05 Å². The second-order valence-electron chi connectivity index (χ2n) is 7.51. The average molecular weight is 364 g/mol. The van der Waals surface area contributed by atoms with Gasteiger partial charge in [0, 0.05) is 22.9 Å². The molecule has 0 aliphatic rings. The molecule has 5 rings (SSSR count). The minimum absolute atomic E-state index is 0.932. The minimum Gasteiger partial charge on any atom is -0.455 e. The van der Waals surface area contributed by atoms with Gasteiger partial charge in [-0.15, -0.1) is 0 Å². The monoisotopic (exact) mass is 364 g/mol. The summed E-state index contributed by atoms with van der Waals surface area (Å²) in [6, 6.07) is 25.7. The van der Waals surface area contributed by atoms with Gasteiger partial charge in [0.2, 0.25) is 5.69 Å². The van der Waals surface area contributed by atoms with Crippen molar-refractivity contribution in [1.29, 1.82) is 0 Å². The highest BCUT2D eigenvalue weighted by Crippen LogP contribution is 2.37. The van der Waals surface area contributed by atoms with E-state index in [2.05, 4.69) is 92.3 Å². The molecule has 0 atom stereocenters. The molecule has 3 aromatic carbocycles. The number of aryl methyl sites for hydroxylation is 3. The summed E-state index contributed by atoms with van der Waals surface area (Å²) in [5.74, 6) is 0. The number of benzene rings is 3. The third-order valence-corrected chi connectivity index (χ3v) is 5.51. The Hall–Kier alpha value is -3.39. The van der Waals surface area contributed by atoms with E-state index in [4.69, 9.17) is 4.42 Å². The molecular formula is C26H22NO+. The molecule has 28 heavy (non-hydrogen) atoms. The third-order valence-electron chi connectivity index (χ3n) is 5.51. The van der Waals surface area contributed by atoms with Crippen molar-refractivity contribution < 1.29 is 8.98 Å². The maximum Gasteiger partial charge on any atom is 0.216 e. The molecular weight excluding hydrogens is 342 g/mol. The number of rotatable bonds is 2. The molecule has 5 aromatic rings. The SMILES string of the molecule is Cc1cccc(-c2cc[n+](C)c(-c3c(C)ccc4c3oc3ccccc34)c2)c1. The minimum atomic E-state index is 0.932. The van der Waals surface area contributed by atoms with E-state index < -0.39 is 0 Å². The molecule has 0 N–H and O–H groups in total. The largest absolute Gasteiger partial charge is 0.455 e. The molecule has 2 aromatic heterocycles. The van der Waals surface area contributed by atoms with E-state index in [-0.39, 0.29) is 0 Å².